The summed E-state index contributed by atoms with van der Waals surface area (Å²) in [5, 5.41) is 0. The second-order valence-corrected chi connectivity index (χ2v) is 5.26. The lowest BCUT2D eigenvalue weighted by Crippen LogP contribution is -1.92. The minimum absolute atomic E-state index is 0.888. The van der Waals surface area contributed by atoms with Crippen LogP contribution >= 0.6 is 15.9 Å². The van der Waals surface area contributed by atoms with Crippen LogP contribution in [-0.4, -0.2) is 5.71 Å². The maximum Gasteiger partial charge on any atom is 0.0445 e. The fraction of sp³-hybridized carbons (Fsp3) is 0.0556. The molecule has 20 heavy (non-hydrogen) atoms. The molecular weight excluding hydrogens is 310 g/mol. The Morgan fingerprint density at radius 2 is 1.45 bits per heavy atom. The Labute approximate surface area is 128 Å². The molecule has 2 aromatic rings. The highest BCUT2D eigenvalue weighted by Gasteiger charge is 2.01. The highest BCUT2D eigenvalue weighted by atomic mass is 79.9. The van der Waals surface area contributed by atoms with Gasteiger partial charge in [-0.25, -0.2) is 0 Å². The van der Waals surface area contributed by atoms with Crippen LogP contribution in [0.15, 0.2) is 82.9 Å². The van der Waals surface area contributed by atoms with Gasteiger partial charge in [-0.3, -0.25) is 4.99 Å². The molecule has 100 valence electrons. The summed E-state index contributed by atoms with van der Waals surface area (Å²) < 4.78 is 0.888. The maximum atomic E-state index is 4.49. The van der Waals surface area contributed by atoms with Crippen LogP contribution in [0.4, 0.5) is 0 Å². The van der Waals surface area contributed by atoms with Crippen LogP contribution in [0.5, 0.6) is 0 Å². The molecule has 0 unspecified atom stereocenters. The van der Waals surface area contributed by atoms with Gasteiger partial charge in [0.25, 0.3) is 0 Å². The van der Waals surface area contributed by atoms with Crippen LogP contribution in [0.3, 0.4) is 0 Å². The molecule has 0 bridgehead atoms. The Kier molecular flexibility index (Phi) is 5.08. The Bertz CT molecular complexity index is 640. The van der Waals surface area contributed by atoms with E-state index < -0.39 is 0 Å². The second-order valence-electron chi connectivity index (χ2n) is 4.40. The first-order valence-corrected chi connectivity index (χ1v) is 7.18. The Balaban J connectivity index is 2.17. The van der Waals surface area contributed by atoms with E-state index in [2.05, 4.69) is 27.5 Å². The predicted octanol–water partition coefficient (Wildman–Crippen LogP) is 5.45. The fourth-order valence-corrected chi connectivity index (χ4v) is 2.09. The number of aliphatic imine (C=N–C) groups is 1. The molecule has 0 aromatic heterocycles. The van der Waals surface area contributed by atoms with Crippen molar-refractivity contribution in [3.8, 4) is 0 Å². The Morgan fingerprint density at radius 1 is 0.950 bits per heavy atom. The van der Waals surface area contributed by atoms with Crippen LogP contribution in [0.1, 0.15) is 18.1 Å². The zero-order valence-electron chi connectivity index (χ0n) is 11.4. The van der Waals surface area contributed by atoms with E-state index in [4.69, 9.17) is 0 Å². The molecule has 0 aliphatic heterocycles. The molecule has 0 radical (unpaired) electrons. The molecule has 0 saturated carbocycles. The van der Waals surface area contributed by atoms with Crippen molar-refractivity contribution in [2.45, 2.75) is 6.92 Å². The highest BCUT2D eigenvalue weighted by Crippen LogP contribution is 2.25. The Hall–Kier alpha value is -1.93. The largest absolute Gasteiger partial charge is 0.260 e. The van der Waals surface area contributed by atoms with Crippen LogP contribution in [0.25, 0.3) is 5.57 Å². The van der Waals surface area contributed by atoms with Gasteiger partial charge in [-0.05, 0) is 39.6 Å². The average molecular weight is 326 g/mol. The van der Waals surface area contributed by atoms with Gasteiger partial charge in [-0.2, -0.15) is 0 Å². The summed E-state index contributed by atoms with van der Waals surface area (Å²) >= 11 is 3.54. The van der Waals surface area contributed by atoms with E-state index in [1.54, 1.807) is 6.20 Å². The lowest BCUT2D eigenvalue weighted by atomic mass is 10.1. The summed E-state index contributed by atoms with van der Waals surface area (Å²) in [7, 11) is 0. The van der Waals surface area contributed by atoms with Gasteiger partial charge in [0, 0.05) is 16.4 Å². The number of rotatable bonds is 4. The van der Waals surface area contributed by atoms with Crippen LogP contribution < -0.4 is 0 Å². The van der Waals surface area contributed by atoms with E-state index in [1.165, 1.54) is 0 Å². The summed E-state index contributed by atoms with van der Waals surface area (Å²) in [4.78, 5) is 4.49. The van der Waals surface area contributed by atoms with Gasteiger partial charge in [-0.1, -0.05) is 67.2 Å². The lowest BCUT2D eigenvalue weighted by molar-refractivity contribution is 1.49. The second kappa shape index (κ2) is 7.01. The zero-order chi connectivity index (χ0) is 14.4. The molecule has 0 fully saturated rings. The van der Waals surface area contributed by atoms with Gasteiger partial charge in [-0.15, -0.1) is 0 Å². The molecule has 0 N–H and O–H groups in total. The van der Waals surface area contributed by atoms with Crippen molar-refractivity contribution in [3.05, 3.63) is 89.1 Å². The number of allylic oxidation sites excluding steroid dienone is 2. The van der Waals surface area contributed by atoms with Gasteiger partial charge in [0.2, 0.25) is 0 Å². The van der Waals surface area contributed by atoms with E-state index in [-0.39, 0.29) is 0 Å². The first kappa shape index (κ1) is 14.5. The third kappa shape index (κ3) is 3.78. The Morgan fingerprint density at radius 3 is 2.00 bits per heavy atom. The fourth-order valence-electron chi connectivity index (χ4n) is 1.76. The SMILES string of the molecule is C=C(/C(Br)=C\N=C(C)c1ccccc1)c1ccccc1. The first-order valence-electron chi connectivity index (χ1n) is 6.38. The molecule has 2 rings (SSSR count). The summed E-state index contributed by atoms with van der Waals surface area (Å²) in [5.41, 5.74) is 4.11. The molecule has 0 atom stereocenters. The van der Waals surface area contributed by atoms with Gasteiger partial charge < -0.3 is 0 Å². The van der Waals surface area contributed by atoms with Crippen LogP contribution in [0.2, 0.25) is 0 Å². The minimum atomic E-state index is 0.888. The molecular formula is C18H16BrN. The van der Waals surface area contributed by atoms with Crippen molar-refractivity contribution < 1.29 is 0 Å². The van der Waals surface area contributed by atoms with E-state index in [1.807, 2.05) is 67.6 Å². The van der Waals surface area contributed by atoms with Crippen molar-refractivity contribution in [1.29, 1.82) is 0 Å². The van der Waals surface area contributed by atoms with E-state index in [0.717, 1.165) is 26.9 Å². The average Bonchev–Trinajstić information content (AvgIpc) is 2.53. The highest BCUT2D eigenvalue weighted by molar-refractivity contribution is 9.12. The summed E-state index contributed by atoms with van der Waals surface area (Å²) in [6.45, 7) is 6.09. The normalized spacial score (nSPS) is 12.3. The molecule has 2 heteroatoms. The molecule has 0 spiro atoms. The predicted molar refractivity (Wildman–Crippen MR) is 91.1 cm³/mol. The molecule has 0 heterocycles. The van der Waals surface area contributed by atoms with Crippen molar-refractivity contribution >= 4 is 27.2 Å². The van der Waals surface area contributed by atoms with E-state index in [9.17, 15) is 0 Å². The van der Waals surface area contributed by atoms with Crippen molar-refractivity contribution in [3.63, 3.8) is 0 Å². The van der Waals surface area contributed by atoms with Gasteiger partial charge >= 0.3 is 0 Å². The summed E-state index contributed by atoms with van der Waals surface area (Å²) in [5.74, 6) is 0. The van der Waals surface area contributed by atoms with E-state index in [0.29, 0.717) is 0 Å². The quantitative estimate of drug-likeness (QED) is 0.524. The first-order chi connectivity index (χ1) is 9.68. The molecule has 0 aliphatic carbocycles. The van der Waals surface area contributed by atoms with Gasteiger partial charge in [0.1, 0.15) is 0 Å². The number of hydrogen-bond acceptors (Lipinski definition) is 1. The topological polar surface area (TPSA) is 12.4 Å². The third-order valence-corrected chi connectivity index (χ3v) is 3.66. The maximum absolute atomic E-state index is 4.49. The minimum Gasteiger partial charge on any atom is -0.260 e. The molecule has 2 aromatic carbocycles. The summed E-state index contributed by atoms with van der Waals surface area (Å²) in [6, 6.07) is 20.2. The number of nitrogens with zero attached hydrogens (tertiary/aromatic N) is 1. The monoisotopic (exact) mass is 325 g/mol. The third-order valence-electron chi connectivity index (χ3n) is 2.97. The molecule has 0 amide bonds. The molecule has 1 nitrogen and oxygen atoms in total. The van der Waals surface area contributed by atoms with Crippen molar-refractivity contribution in [2.24, 2.45) is 4.99 Å². The van der Waals surface area contributed by atoms with E-state index >= 15 is 0 Å². The molecule has 0 saturated heterocycles. The van der Waals surface area contributed by atoms with Crippen molar-refractivity contribution in [1.82, 2.24) is 0 Å². The van der Waals surface area contributed by atoms with Crippen molar-refractivity contribution in [2.75, 3.05) is 0 Å². The van der Waals surface area contributed by atoms with Crippen LogP contribution in [-0.2, 0) is 0 Å². The smallest absolute Gasteiger partial charge is 0.0445 e. The number of hydrogen-bond donors (Lipinski definition) is 0. The standard InChI is InChI=1S/C18H16BrN/c1-14(16-9-5-3-6-10-16)18(19)13-20-15(2)17-11-7-4-8-12-17/h3-13H,1H2,2H3/b18-13+,20-15?. The zero-order valence-corrected chi connectivity index (χ0v) is 13.0. The summed E-state index contributed by atoms with van der Waals surface area (Å²) in [6.07, 6.45) is 1.80. The van der Waals surface area contributed by atoms with Gasteiger partial charge in [0.15, 0.2) is 0 Å². The number of benzene rings is 2. The molecule has 0 aliphatic rings. The van der Waals surface area contributed by atoms with Gasteiger partial charge in [0.05, 0.1) is 0 Å². The van der Waals surface area contributed by atoms with Crippen LogP contribution in [0, 0.1) is 0 Å². The number of halogens is 1. The lowest BCUT2D eigenvalue weighted by Gasteiger charge is -2.04.